The van der Waals surface area contributed by atoms with Crippen molar-refractivity contribution in [2.24, 2.45) is 5.92 Å². The summed E-state index contributed by atoms with van der Waals surface area (Å²) in [7, 11) is 0. The standard InChI is InChI=1S/C13H21NO4/c1-8-5-6-11(18-8)12(15)14-10-4-2-3-9(7-10)13(16)17/h8-11H,2-7H2,1H3,(H,14,15)(H,16,17). The zero-order chi connectivity index (χ0) is 13.1. The molecule has 1 saturated carbocycles. The average Bonchev–Trinajstić information content (AvgIpc) is 2.76. The van der Waals surface area contributed by atoms with Crippen molar-refractivity contribution in [1.82, 2.24) is 5.32 Å². The van der Waals surface area contributed by atoms with Crippen LogP contribution in [-0.2, 0) is 14.3 Å². The average molecular weight is 255 g/mol. The predicted molar refractivity (Wildman–Crippen MR) is 65.1 cm³/mol. The van der Waals surface area contributed by atoms with E-state index in [0.717, 1.165) is 32.1 Å². The molecule has 2 rings (SSSR count). The molecule has 2 N–H and O–H groups in total. The molecular formula is C13H21NO4. The van der Waals surface area contributed by atoms with Crippen LogP contribution in [0.5, 0.6) is 0 Å². The van der Waals surface area contributed by atoms with E-state index in [1.807, 2.05) is 6.92 Å². The van der Waals surface area contributed by atoms with Crippen LogP contribution in [-0.4, -0.2) is 35.2 Å². The Labute approximate surface area is 107 Å². The minimum Gasteiger partial charge on any atom is -0.481 e. The van der Waals surface area contributed by atoms with Gasteiger partial charge in [-0.1, -0.05) is 6.42 Å². The third kappa shape index (κ3) is 3.22. The largest absolute Gasteiger partial charge is 0.481 e. The molecule has 2 fully saturated rings. The van der Waals surface area contributed by atoms with Gasteiger partial charge in [-0.3, -0.25) is 9.59 Å². The molecule has 1 heterocycles. The molecule has 2 aliphatic rings. The minimum absolute atomic E-state index is 0.00754. The second-order valence-corrected chi connectivity index (χ2v) is 5.42. The molecule has 1 saturated heterocycles. The zero-order valence-corrected chi connectivity index (χ0v) is 10.7. The summed E-state index contributed by atoms with van der Waals surface area (Å²) < 4.78 is 5.51. The number of aliphatic carboxylic acids is 1. The van der Waals surface area contributed by atoms with Gasteiger partial charge >= 0.3 is 5.97 Å². The lowest BCUT2D eigenvalue weighted by Crippen LogP contribution is -2.44. The fourth-order valence-electron chi connectivity index (χ4n) is 2.83. The molecule has 4 unspecified atom stereocenters. The van der Waals surface area contributed by atoms with Gasteiger partial charge in [-0.25, -0.2) is 0 Å². The monoisotopic (exact) mass is 255 g/mol. The molecule has 0 aromatic rings. The van der Waals surface area contributed by atoms with Crippen molar-refractivity contribution in [2.75, 3.05) is 0 Å². The van der Waals surface area contributed by atoms with Crippen LogP contribution >= 0.6 is 0 Å². The van der Waals surface area contributed by atoms with E-state index in [4.69, 9.17) is 9.84 Å². The van der Waals surface area contributed by atoms with Crippen LogP contribution < -0.4 is 5.32 Å². The molecule has 18 heavy (non-hydrogen) atoms. The van der Waals surface area contributed by atoms with Gasteiger partial charge in [0.25, 0.3) is 0 Å². The smallest absolute Gasteiger partial charge is 0.306 e. The number of carbonyl (C=O) groups is 2. The van der Waals surface area contributed by atoms with Gasteiger partial charge in [-0.05, 0) is 39.0 Å². The first-order valence-corrected chi connectivity index (χ1v) is 6.75. The van der Waals surface area contributed by atoms with Crippen LogP contribution in [0.15, 0.2) is 0 Å². The van der Waals surface area contributed by atoms with Gasteiger partial charge < -0.3 is 15.2 Å². The molecule has 5 heteroatoms. The van der Waals surface area contributed by atoms with Gasteiger partial charge in [0.1, 0.15) is 6.10 Å². The highest BCUT2D eigenvalue weighted by Gasteiger charge is 2.32. The quantitative estimate of drug-likeness (QED) is 0.797. The lowest BCUT2D eigenvalue weighted by Gasteiger charge is -2.28. The van der Waals surface area contributed by atoms with E-state index in [1.54, 1.807) is 0 Å². The molecule has 1 aliphatic heterocycles. The van der Waals surface area contributed by atoms with E-state index < -0.39 is 5.97 Å². The summed E-state index contributed by atoms with van der Waals surface area (Å²) in [5.74, 6) is -1.14. The maximum absolute atomic E-state index is 12.0. The number of carbonyl (C=O) groups excluding carboxylic acids is 1. The van der Waals surface area contributed by atoms with Gasteiger partial charge in [-0.15, -0.1) is 0 Å². The topological polar surface area (TPSA) is 75.6 Å². The first-order chi connectivity index (χ1) is 8.56. The van der Waals surface area contributed by atoms with Crippen LogP contribution in [0.2, 0.25) is 0 Å². The van der Waals surface area contributed by atoms with Crippen LogP contribution in [0.1, 0.15) is 45.4 Å². The number of carboxylic acids is 1. The predicted octanol–water partition coefficient (Wildman–Crippen LogP) is 1.31. The molecule has 0 spiro atoms. The van der Waals surface area contributed by atoms with Crippen LogP contribution in [0, 0.1) is 5.92 Å². The zero-order valence-electron chi connectivity index (χ0n) is 10.7. The van der Waals surface area contributed by atoms with E-state index in [1.165, 1.54) is 0 Å². The van der Waals surface area contributed by atoms with Gasteiger partial charge in [-0.2, -0.15) is 0 Å². The van der Waals surface area contributed by atoms with Crippen molar-refractivity contribution in [1.29, 1.82) is 0 Å². The number of nitrogens with one attached hydrogen (secondary N) is 1. The number of amides is 1. The number of hydrogen-bond donors (Lipinski definition) is 2. The Morgan fingerprint density at radius 3 is 2.61 bits per heavy atom. The maximum Gasteiger partial charge on any atom is 0.306 e. The highest BCUT2D eigenvalue weighted by Crippen LogP contribution is 2.25. The maximum atomic E-state index is 12.0. The highest BCUT2D eigenvalue weighted by atomic mass is 16.5. The number of carboxylic acid groups (broad SMARTS) is 1. The Bertz CT molecular complexity index is 331. The van der Waals surface area contributed by atoms with E-state index in [2.05, 4.69) is 5.32 Å². The van der Waals surface area contributed by atoms with E-state index >= 15 is 0 Å². The molecule has 5 nitrogen and oxygen atoms in total. The Morgan fingerprint density at radius 1 is 1.22 bits per heavy atom. The first-order valence-electron chi connectivity index (χ1n) is 6.75. The third-order valence-electron chi connectivity index (χ3n) is 3.89. The Hall–Kier alpha value is -1.10. The van der Waals surface area contributed by atoms with Crippen molar-refractivity contribution in [3.8, 4) is 0 Å². The summed E-state index contributed by atoms with van der Waals surface area (Å²) in [5.41, 5.74) is 0. The minimum atomic E-state index is -0.750. The van der Waals surface area contributed by atoms with Gasteiger partial charge in [0.05, 0.1) is 12.0 Å². The summed E-state index contributed by atoms with van der Waals surface area (Å²) in [5, 5.41) is 11.9. The number of hydrogen-bond acceptors (Lipinski definition) is 3. The number of rotatable bonds is 3. The summed E-state index contributed by atoms with van der Waals surface area (Å²) in [4.78, 5) is 22.9. The van der Waals surface area contributed by atoms with Crippen LogP contribution in [0.25, 0.3) is 0 Å². The summed E-state index contributed by atoms with van der Waals surface area (Å²) in [6, 6.07) is -0.00754. The fraction of sp³-hybridized carbons (Fsp3) is 0.846. The normalized spacial score (nSPS) is 36.3. The van der Waals surface area contributed by atoms with Gasteiger partial charge in [0.2, 0.25) is 5.91 Å². The lowest BCUT2D eigenvalue weighted by molar-refractivity contribution is -0.143. The first kappa shape index (κ1) is 13.3. The van der Waals surface area contributed by atoms with Crippen molar-refractivity contribution in [3.05, 3.63) is 0 Å². The molecular weight excluding hydrogens is 234 g/mol. The van der Waals surface area contributed by atoms with E-state index in [0.29, 0.717) is 6.42 Å². The van der Waals surface area contributed by atoms with E-state index in [-0.39, 0.29) is 30.1 Å². The summed E-state index contributed by atoms with van der Waals surface area (Å²) in [6.07, 6.45) is 4.50. The Balaban J connectivity index is 1.81. The van der Waals surface area contributed by atoms with Gasteiger partial charge in [0.15, 0.2) is 0 Å². The summed E-state index contributed by atoms with van der Waals surface area (Å²) >= 11 is 0. The fourth-order valence-corrected chi connectivity index (χ4v) is 2.83. The molecule has 1 amide bonds. The molecule has 4 atom stereocenters. The molecule has 1 aliphatic carbocycles. The molecule has 102 valence electrons. The van der Waals surface area contributed by atoms with Crippen molar-refractivity contribution in [2.45, 2.75) is 63.7 Å². The Kier molecular flexibility index (Phi) is 4.22. The van der Waals surface area contributed by atoms with Gasteiger partial charge in [0, 0.05) is 6.04 Å². The SMILES string of the molecule is CC1CCC(C(=O)NC2CCCC(C(=O)O)C2)O1. The van der Waals surface area contributed by atoms with Crippen molar-refractivity contribution >= 4 is 11.9 Å². The second-order valence-electron chi connectivity index (χ2n) is 5.42. The molecule has 0 radical (unpaired) electrons. The van der Waals surface area contributed by atoms with Crippen LogP contribution in [0.3, 0.4) is 0 Å². The van der Waals surface area contributed by atoms with Crippen molar-refractivity contribution in [3.63, 3.8) is 0 Å². The summed E-state index contributed by atoms with van der Waals surface area (Å²) in [6.45, 7) is 1.97. The molecule has 0 aromatic heterocycles. The van der Waals surface area contributed by atoms with Crippen LogP contribution in [0.4, 0.5) is 0 Å². The second kappa shape index (κ2) is 5.69. The third-order valence-corrected chi connectivity index (χ3v) is 3.89. The highest BCUT2D eigenvalue weighted by molar-refractivity contribution is 5.81. The van der Waals surface area contributed by atoms with Crippen molar-refractivity contribution < 1.29 is 19.4 Å². The Morgan fingerprint density at radius 2 is 2.00 bits per heavy atom. The van der Waals surface area contributed by atoms with E-state index in [9.17, 15) is 9.59 Å². The lowest BCUT2D eigenvalue weighted by atomic mass is 9.85. The molecule has 0 bridgehead atoms. The molecule has 0 aromatic carbocycles. The number of ether oxygens (including phenoxy) is 1.